The summed E-state index contributed by atoms with van der Waals surface area (Å²) in [4.78, 5) is 15.8. The van der Waals surface area contributed by atoms with Gasteiger partial charge in [0.2, 0.25) is 0 Å². The average molecular weight is 432 g/mol. The Balaban J connectivity index is 1.20. The van der Waals surface area contributed by atoms with Crippen LogP contribution in [-0.4, -0.2) is 38.5 Å². The molecule has 2 heterocycles. The lowest BCUT2D eigenvalue weighted by Crippen LogP contribution is -2.44. The van der Waals surface area contributed by atoms with Crippen LogP contribution in [0, 0.1) is 0 Å². The van der Waals surface area contributed by atoms with Crippen molar-refractivity contribution in [2.24, 2.45) is 0 Å². The summed E-state index contributed by atoms with van der Waals surface area (Å²) in [6.07, 6.45) is 13.2. The number of nitrogens with zero attached hydrogens (tertiary/aromatic N) is 3. The maximum atomic E-state index is 4.85. The zero-order chi connectivity index (χ0) is 21.8. The quantitative estimate of drug-likeness (QED) is 0.492. The van der Waals surface area contributed by atoms with E-state index < -0.39 is 0 Å². The van der Waals surface area contributed by atoms with E-state index >= 15 is 0 Å². The maximum Gasteiger partial charge on any atom is 0.121 e. The zero-order valence-corrected chi connectivity index (χ0v) is 19.4. The van der Waals surface area contributed by atoms with Crippen molar-refractivity contribution in [3.05, 3.63) is 59.7 Å². The van der Waals surface area contributed by atoms with Gasteiger partial charge in [0, 0.05) is 24.3 Å². The number of hydrogen-bond donors (Lipinski definition) is 2. The van der Waals surface area contributed by atoms with Gasteiger partial charge in [0.1, 0.15) is 5.82 Å². The number of unbranched alkanes of at least 4 members (excludes halogenated alkanes) is 1. The van der Waals surface area contributed by atoms with Crippen molar-refractivity contribution in [2.75, 3.05) is 6.54 Å². The number of rotatable bonds is 8. The van der Waals surface area contributed by atoms with E-state index in [1.807, 2.05) is 6.20 Å². The Morgan fingerprint density at radius 3 is 2.78 bits per heavy atom. The summed E-state index contributed by atoms with van der Waals surface area (Å²) in [7, 11) is 0. The molecule has 0 aliphatic heterocycles. The molecule has 0 saturated heterocycles. The van der Waals surface area contributed by atoms with Crippen LogP contribution < -0.4 is 5.32 Å². The molecule has 3 aromatic rings. The van der Waals surface area contributed by atoms with Crippen LogP contribution in [0.15, 0.2) is 42.6 Å². The van der Waals surface area contributed by atoms with Gasteiger partial charge in [-0.1, -0.05) is 31.5 Å². The van der Waals surface area contributed by atoms with E-state index in [2.05, 4.69) is 58.5 Å². The van der Waals surface area contributed by atoms with Gasteiger partial charge in [-0.3, -0.25) is 9.88 Å². The van der Waals surface area contributed by atoms with Crippen LogP contribution in [-0.2, 0) is 13.0 Å². The first-order valence-corrected chi connectivity index (χ1v) is 12.7. The number of aromatic nitrogens is 3. The fraction of sp³-hybridized carbons (Fsp3) is 0.556. The predicted octanol–water partition coefficient (Wildman–Crippen LogP) is 5.54. The smallest absolute Gasteiger partial charge is 0.121 e. The van der Waals surface area contributed by atoms with E-state index in [-0.39, 0.29) is 0 Å². The third kappa shape index (κ3) is 4.89. The Labute approximate surface area is 192 Å². The first kappa shape index (κ1) is 21.6. The summed E-state index contributed by atoms with van der Waals surface area (Å²) in [5, 5.41) is 3.98. The molecule has 1 aromatic carbocycles. The highest BCUT2D eigenvalue weighted by Crippen LogP contribution is 2.31. The molecule has 5 heteroatoms. The molecule has 2 aromatic heterocycles. The summed E-state index contributed by atoms with van der Waals surface area (Å²) in [6, 6.07) is 14.4. The fourth-order valence-electron chi connectivity index (χ4n) is 5.69. The zero-order valence-electron chi connectivity index (χ0n) is 19.4. The highest BCUT2D eigenvalue weighted by Gasteiger charge is 2.29. The Bertz CT molecular complexity index is 971. The van der Waals surface area contributed by atoms with Crippen molar-refractivity contribution in [2.45, 2.75) is 89.4 Å². The molecular formula is C27H37N5. The van der Waals surface area contributed by atoms with E-state index in [0.717, 1.165) is 29.9 Å². The average Bonchev–Trinajstić information content (AvgIpc) is 3.25. The van der Waals surface area contributed by atoms with E-state index in [4.69, 9.17) is 9.97 Å². The largest absolute Gasteiger partial charge is 0.341 e. The van der Waals surface area contributed by atoms with E-state index in [9.17, 15) is 0 Å². The first-order valence-electron chi connectivity index (χ1n) is 12.7. The Hall–Kier alpha value is -2.24. The van der Waals surface area contributed by atoms with Crippen molar-refractivity contribution in [1.82, 2.24) is 25.2 Å². The number of nitrogens with one attached hydrogen (secondary N) is 2. The Morgan fingerprint density at radius 1 is 1.06 bits per heavy atom. The monoisotopic (exact) mass is 431 g/mol. The van der Waals surface area contributed by atoms with Crippen molar-refractivity contribution in [1.29, 1.82) is 0 Å². The lowest BCUT2D eigenvalue weighted by Gasteiger charge is -2.38. The molecule has 0 bridgehead atoms. The van der Waals surface area contributed by atoms with Crippen molar-refractivity contribution in [3.8, 4) is 0 Å². The first-order chi connectivity index (χ1) is 15.8. The highest BCUT2D eigenvalue weighted by molar-refractivity contribution is 5.74. The van der Waals surface area contributed by atoms with Crippen molar-refractivity contribution < 1.29 is 0 Å². The SMILES string of the molecule is CCCCN(Cc1nc2ccccc2[nH]1)C1CCC(NC2CCCc3cccnc32)CC1. The van der Waals surface area contributed by atoms with Crippen LogP contribution >= 0.6 is 0 Å². The standard InChI is InChI=1S/C27H37N5/c1-2-3-18-32(19-26-30-23-10-4-5-11-24(23)31-26)22-15-13-21(14-16-22)29-25-12-6-8-20-9-7-17-28-27(20)25/h4-5,7,9-11,17,21-22,25,29H,2-3,6,8,12-16,18-19H2,1H3,(H,30,31). The number of aryl methyl sites for hydroxylation is 1. The fourth-order valence-corrected chi connectivity index (χ4v) is 5.69. The number of para-hydroxylation sites is 2. The van der Waals surface area contributed by atoms with Gasteiger partial charge < -0.3 is 10.3 Å². The molecule has 1 fully saturated rings. The minimum absolute atomic E-state index is 0.438. The summed E-state index contributed by atoms with van der Waals surface area (Å²) in [6.45, 7) is 4.38. The molecule has 0 amide bonds. The van der Waals surface area contributed by atoms with Crippen LogP contribution in [0.5, 0.6) is 0 Å². The summed E-state index contributed by atoms with van der Waals surface area (Å²) in [5.74, 6) is 1.10. The third-order valence-corrected chi connectivity index (χ3v) is 7.44. The van der Waals surface area contributed by atoms with Gasteiger partial charge in [-0.25, -0.2) is 4.98 Å². The van der Waals surface area contributed by atoms with Crippen molar-refractivity contribution in [3.63, 3.8) is 0 Å². The van der Waals surface area contributed by atoms with E-state index in [1.54, 1.807) is 0 Å². The molecule has 1 atom stereocenters. The molecule has 2 aliphatic rings. The second kappa shape index (κ2) is 10.1. The van der Waals surface area contributed by atoms with Crippen LogP contribution in [0.1, 0.15) is 81.4 Å². The normalized spacial score (nSPS) is 23.5. The van der Waals surface area contributed by atoms with Gasteiger partial charge in [0.05, 0.1) is 23.3 Å². The van der Waals surface area contributed by atoms with Crippen LogP contribution in [0.4, 0.5) is 0 Å². The molecule has 0 radical (unpaired) electrons. The van der Waals surface area contributed by atoms with Crippen LogP contribution in [0.25, 0.3) is 11.0 Å². The number of hydrogen-bond acceptors (Lipinski definition) is 4. The number of imidazole rings is 1. The number of fused-ring (bicyclic) bond motifs is 2. The predicted molar refractivity (Wildman–Crippen MR) is 131 cm³/mol. The molecule has 170 valence electrons. The van der Waals surface area contributed by atoms with Crippen LogP contribution in [0.2, 0.25) is 0 Å². The number of benzene rings is 1. The van der Waals surface area contributed by atoms with Gasteiger partial charge in [-0.15, -0.1) is 0 Å². The lowest BCUT2D eigenvalue weighted by molar-refractivity contribution is 0.128. The van der Waals surface area contributed by atoms with E-state index in [0.29, 0.717) is 18.1 Å². The van der Waals surface area contributed by atoms with Gasteiger partial charge in [-0.2, -0.15) is 0 Å². The summed E-state index contributed by atoms with van der Waals surface area (Å²) < 4.78 is 0. The molecule has 0 spiro atoms. The summed E-state index contributed by atoms with van der Waals surface area (Å²) in [5.41, 5.74) is 4.97. The summed E-state index contributed by atoms with van der Waals surface area (Å²) >= 11 is 0. The third-order valence-electron chi connectivity index (χ3n) is 7.44. The van der Waals surface area contributed by atoms with Gasteiger partial charge in [-0.05, 0) is 81.7 Å². The molecule has 5 nitrogen and oxygen atoms in total. The molecule has 32 heavy (non-hydrogen) atoms. The second-order valence-corrected chi connectivity index (χ2v) is 9.69. The molecule has 1 unspecified atom stereocenters. The highest BCUT2D eigenvalue weighted by atomic mass is 15.2. The van der Waals surface area contributed by atoms with Crippen molar-refractivity contribution >= 4 is 11.0 Å². The topological polar surface area (TPSA) is 56.8 Å². The molecular weight excluding hydrogens is 394 g/mol. The number of pyridine rings is 1. The maximum absolute atomic E-state index is 4.85. The minimum Gasteiger partial charge on any atom is -0.341 e. The van der Waals surface area contributed by atoms with Gasteiger partial charge in [0.15, 0.2) is 0 Å². The molecule has 5 rings (SSSR count). The number of aromatic amines is 1. The molecule has 2 aliphatic carbocycles. The molecule has 1 saturated carbocycles. The van der Waals surface area contributed by atoms with Gasteiger partial charge >= 0.3 is 0 Å². The minimum atomic E-state index is 0.438. The van der Waals surface area contributed by atoms with E-state index in [1.165, 1.54) is 69.0 Å². The molecule has 2 N–H and O–H groups in total. The lowest BCUT2D eigenvalue weighted by atomic mass is 9.87. The Kier molecular flexibility index (Phi) is 6.84. The van der Waals surface area contributed by atoms with Gasteiger partial charge in [0.25, 0.3) is 0 Å². The Morgan fingerprint density at radius 2 is 1.94 bits per heavy atom. The van der Waals surface area contributed by atoms with Crippen LogP contribution in [0.3, 0.4) is 0 Å². The second-order valence-electron chi connectivity index (χ2n) is 9.69. The number of H-pyrrole nitrogens is 1.